The molecule has 204 valence electrons. The van der Waals surface area contributed by atoms with Crippen molar-refractivity contribution in [3.63, 3.8) is 0 Å². The van der Waals surface area contributed by atoms with Gasteiger partial charge in [-0.25, -0.2) is 9.59 Å². The van der Waals surface area contributed by atoms with Crippen molar-refractivity contribution >= 4 is 29.3 Å². The maximum absolute atomic E-state index is 13.6. The average Bonchev–Trinajstić information content (AvgIpc) is 2.94. The number of benzene rings is 3. The van der Waals surface area contributed by atoms with Gasteiger partial charge in [-0.3, -0.25) is 4.79 Å². The first-order valence-electron chi connectivity index (χ1n) is 13.2. The van der Waals surface area contributed by atoms with Crippen LogP contribution in [0.1, 0.15) is 53.6 Å². The van der Waals surface area contributed by atoms with E-state index in [1.165, 1.54) is 7.11 Å². The number of methoxy groups -OCH3 is 1. The second-order valence-corrected chi connectivity index (χ2v) is 10.0. The Morgan fingerprint density at radius 2 is 1.51 bits per heavy atom. The summed E-state index contributed by atoms with van der Waals surface area (Å²) in [4.78, 5) is 39.3. The first kappa shape index (κ1) is 27.7. The summed E-state index contributed by atoms with van der Waals surface area (Å²) in [5.74, 6) is -0.818. The van der Waals surface area contributed by atoms with Gasteiger partial charge < -0.3 is 25.8 Å². The molecule has 4 rings (SSSR count). The van der Waals surface area contributed by atoms with E-state index in [0.29, 0.717) is 5.69 Å². The molecule has 0 bridgehead atoms. The van der Waals surface area contributed by atoms with E-state index in [1.54, 1.807) is 42.5 Å². The number of amides is 3. The van der Waals surface area contributed by atoms with Gasteiger partial charge in [0, 0.05) is 5.69 Å². The molecule has 8 nitrogen and oxygen atoms in total. The van der Waals surface area contributed by atoms with Crippen molar-refractivity contribution in [3.8, 4) is 16.9 Å². The smallest absolute Gasteiger partial charge is 0.328 e. The van der Waals surface area contributed by atoms with Gasteiger partial charge in [-0.05, 0) is 79.1 Å². The average molecular weight is 530 g/mol. The molecule has 0 saturated heterocycles. The molecule has 4 N–H and O–H groups in total. The summed E-state index contributed by atoms with van der Waals surface area (Å²) in [6, 6.07) is 16.2. The zero-order valence-electron chi connectivity index (χ0n) is 22.5. The lowest BCUT2D eigenvalue weighted by molar-refractivity contribution is -0.144. The summed E-state index contributed by atoms with van der Waals surface area (Å²) in [6.45, 7) is 3.82. The zero-order valence-corrected chi connectivity index (χ0v) is 22.5. The fourth-order valence-corrected chi connectivity index (χ4v) is 5.14. The molecule has 0 unspecified atom stereocenters. The van der Waals surface area contributed by atoms with E-state index in [9.17, 15) is 19.5 Å². The number of nitrogens with one attached hydrogen (secondary N) is 3. The molecule has 0 aromatic heterocycles. The summed E-state index contributed by atoms with van der Waals surface area (Å²) >= 11 is 0. The Morgan fingerprint density at radius 1 is 0.872 bits per heavy atom. The van der Waals surface area contributed by atoms with Gasteiger partial charge in [-0.15, -0.1) is 0 Å². The number of aromatic hydroxyl groups is 1. The molecule has 0 aliphatic heterocycles. The van der Waals surface area contributed by atoms with Crippen molar-refractivity contribution < 1.29 is 24.2 Å². The van der Waals surface area contributed by atoms with Crippen molar-refractivity contribution in [2.45, 2.75) is 52.0 Å². The van der Waals surface area contributed by atoms with E-state index in [1.807, 2.05) is 32.0 Å². The topological polar surface area (TPSA) is 117 Å². The third-order valence-electron chi connectivity index (χ3n) is 7.30. The predicted molar refractivity (Wildman–Crippen MR) is 152 cm³/mol. The Hall–Kier alpha value is -4.33. The highest BCUT2D eigenvalue weighted by Crippen LogP contribution is 2.30. The number of rotatable bonds is 7. The zero-order chi connectivity index (χ0) is 27.9. The Balaban J connectivity index is 1.65. The Labute approximate surface area is 228 Å². The predicted octanol–water partition coefficient (Wildman–Crippen LogP) is 6.17. The molecule has 0 radical (unpaired) electrons. The third kappa shape index (κ3) is 6.76. The molecule has 3 aromatic carbocycles. The Morgan fingerprint density at radius 3 is 2.15 bits per heavy atom. The van der Waals surface area contributed by atoms with Crippen LogP contribution in [0.5, 0.6) is 5.75 Å². The summed E-state index contributed by atoms with van der Waals surface area (Å²) in [7, 11) is 1.32. The number of hydrogen-bond acceptors (Lipinski definition) is 5. The Bertz CT molecular complexity index is 1330. The number of carbonyl (C=O) groups is 3. The first-order valence-corrected chi connectivity index (χ1v) is 13.2. The molecule has 1 aliphatic carbocycles. The number of ether oxygens (including phenoxy) is 1. The number of phenolic OH excluding ortho intramolecular Hbond substituents is 1. The maximum atomic E-state index is 13.6. The van der Waals surface area contributed by atoms with Gasteiger partial charge in [0.25, 0.3) is 5.91 Å². The van der Waals surface area contributed by atoms with Crippen LogP contribution in [0.4, 0.5) is 16.2 Å². The monoisotopic (exact) mass is 529 g/mol. The molecule has 1 saturated carbocycles. The minimum absolute atomic E-state index is 0.00448. The fourth-order valence-electron chi connectivity index (χ4n) is 5.14. The van der Waals surface area contributed by atoms with Crippen LogP contribution in [0.15, 0.2) is 60.7 Å². The normalized spacial score (nSPS) is 14.2. The standard InChI is InChI=1S/C31H35N3O5/c1-19-8-7-9-20(2)27(19)34-31(38)32-26-18-23(21-12-15-24(35)16-13-21)14-17-25(26)29(36)33-28(30(37)39-3)22-10-5-4-6-11-22/h7-9,12-18,22,28,35H,4-6,10-11H2,1-3H3,(H,33,36)(H2,32,34,38)/t28-/m0/s1. The van der Waals surface area contributed by atoms with Crippen molar-refractivity contribution in [2.24, 2.45) is 5.92 Å². The number of phenols is 1. The number of aryl methyl sites for hydroxylation is 2. The number of urea groups is 1. The second kappa shape index (κ2) is 12.5. The molecule has 3 aromatic rings. The molecule has 0 spiro atoms. The van der Waals surface area contributed by atoms with Crippen LogP contribution in [0.25, 0.3) is 11.1 Å². The second-order valence-electron chi connectivity index (χ2n) is 10.0. The molecule has 1 fully saturated rings. The lowest BCUT2D eigenvalue weighted by Gasteiger charge is -2.29. The van der Waals surface area contributed by atoms with Gasteiger partial charge in [0.1, 0.15) is 11.8 Å². The van der Waals surface area contributed by atoms with E-state index in [-0.39, 0.29) is 22.9 Å². The summed E-state index contributed by atoms with van der Waals surface area (Å²) in [5, 5.41) is 18.3. The first-order chi connectivity index (χ1) is 18.8. The molecule has 1 atom stereocenters. The van der Waals surface area contributed by atoms with E-state index in [4.69, 9.17) is 4.74 Å². The largest absolute Gasteiger partial charge is 0.508 e. The number of esters is 1. The summed E-state index contributed by atoms with van der Waals surface area (Å²) < 4.78 is 5.02. The minimum Gasteiger partial charge on any atom is -0.508 e. The highest BCUT2D eigenvalue weighted by Gasteiger charge is 2.32. The van der Waals surface area contributed by atoms with Crippen molar-refractivity contribution in [1.29, 1.82) is 0 Å². The van der Waals surface area contributed by atoms with Gasteiger partial charge in [0.15, 0.2) is 0 Å². The molecule has 3 amide bonds. The lowest BCUT2D eigenvalue weighted by atomic mass is 9.83. The molecular weight excluding hydrogens is 494 g/mol. The van der Waals surface area contributed by atoms with Gasteiger partial charge in [-0.1, -0.05) is 55.7 Å². The van der Waals surface area contributed by atoms with Gasteiger partial charge >= 0.3 is 12.0 Å². The number of hydrogen-bond donors (Lipinski definition) is 4. The van der Waals surface area contributed by atoms with Gasteiger partial charge in [-0.2, -0.15) is 0 Å². The van der Waals surface area contributed by atoms with E-state index in [0.717, 1.165) is 54.4 Å². The van der Waals surface area contributed by atoms with Gasteiger partial charge in [0.05, 0.1) is 18.4 Å². The molecule has 1 aliphatic rings. The number of carbonyl (C=O) groups excluding carboxylic acids is 3. The van der Waals surface area contributed by atoms with Crippen LogP contribution in [-0.4, -0.2) is 36.2 Å². The molecule has 8 heteroatoms. The number of para-hydroxylation sites is 1. The molecule has 39 heavy (non-hydrogen) atoms. The van der Waals surface area contributed by atoms with Crippen LogP contribution in [-0.2, 0) is 9.53 Å². The van der Waals surface area contributed by atoms with Crippen molar-refractivity contribution in [2.75, 3.05) is 17.7 Å². The maximum Gasteiger partial charge on any atom is 0.328 e. The van der Waals surface area contributed by atoms with Crippen LogP contribution in [0.2, 0.25) is 0 Å². The molecular formula is C31H35N3O5. The van der Waals surface area contributed by atoms with E-state index >= 15 is 0 Å². The highest BCUT2D eigenvalue weighted by molar-refractivity contribution is 6.08. The lowest BCUT2D eigenvalue weighted by Crippen LogP contribution is -2.47. The highest BCUT2D eigenvalue weighted by atomic mass is 16.5. The summed E-state index contributed by atoms with van der Waals surface area (Å²) in [5.41, 5.74) is 4.56. The van der Waals surface area contributed by atoms with Crippen LogP contribution >= 0.6 is 0 Å². The third-order valence-corrected chi connectivity index (χ3v) is 7.30. The van der Waals surface area contributed by atoms with E-state index < -0.39 is 23.9 Å². The Kier molecular flexibility index (Phi) is 8.86. The van der Waals surface area contributed by atoms with Crippen molar-refractivity contribution in [1.82, 2.24) is 5.32 Å². The minimum atomic E-state index is -0.768. The number of anilines is 2. The van der Waals surface area contributed by atoms with Crippen LogP contribution < -0.4 is 16.0 Å². The quantitative estimate of drug-likeness (QED) is 0.273. The van der Waals surface area contributed by atoms with Crippen molar-refractivity contribution in [3.05, 3.63) is 77.4 Å². The summed E-state index contributed by atoms with van der Waals surface area (Å²) in [6.07, 6.45) is 4.79. The van der Waals surface area contributed by atoms with E-state index in [2.05, 4.69) is 16.0 Å². The SMILES string of the molecule is COC(=O)[C@@H](NC(=O)c1ccc(-c2ccc(O)cc2)cc1NC(=O)Nc1c(C)cccc1C)C1CCCCC1. The van der Waals surface area contributed by atoms with Gasteiger partial charge in [0.2, 0.25) is 0 Å². The molecule has 0 heterocycles. The van der Waals surface area contributed by atoms with Crippen LogP contribution in [0, 0.1) is 19.8 Å². The fraction of sp³-hybridized carbons (Fsp3) is 0.323. The van der Waals surface area contributed by atoms with Crippen LogP contribution in [0.3, 0.4) is 0 Å².